The highest BCUT2D eigenvalue weighted by Crippen LogP contribution is 2.28. The molecule has 0 fully saturated rings. The lowest BCUT2D eigenvalue weighted by atomic mass is 10.1. The number of hydrogen-bond donors (Lipinski definition) is 1. The molecule has 140 valence electrons. The van der Waals surface area contributed by atoms with Gasteiger partial charge in [0.05, 0.1) is 23.6 Å². The molecule has 0 aromatic heterocycles. The molecular formula is C18H20ClNO5S. The highest BCUT2D eigenvalue weighted by molar-refractivity contribution is 7.90. The van der Waals surface area contributed by atoms with E-state index in [-0.39, 0.29) is 22.0 Å². The van der Waals surface area contributed by atoms with Crippen molar-refractivity contribution in [3.8, 4) is 11.5 Å². The van der Waals surface area contributed by atoms with Crippen molar-refractivity contribution in [3.63, 3.8) is 0 Å². The number of amides is 1. The van der Waals surface area contributed by atoms with Crippen LogP contribution in [0, 0.1) is 0 Å². The molecule has 1 N–H and O–H groups in total. The molecule has 2 aromatic rings. The number of hydrogen-bond acceptors (Lipinski definition) is 5. The van der Waals surface area contributed by atoms with E-state index >= 15 is 0 Å². The van der Waals surface area contributed by atoms with Crippen LogP contribution in [0.3, 0.4) is 0 Å². The average molecular weight is 398 g/mol. The molecule has 0 unspecified atom stereocenters. The van der Waals surface area contributed by atoms with Crippen LogP contribution in [0.2, 0.25) is 5.02 Å². The maximum Gasteiger partial charge on any atom is 0.251 e. The number of sulfone groups is 1. The van der Waals surface area contributed by atoms with Gasteiger partial charge in [-0.2, -0.15) is 0 Å². The zero-order chi connectivity index (χ0) is 19.3. The van der Waals surface area contributed by atoms with E-state index in [0.29, 0.717) is 18.1 Å². The first-order valence-corrected chi connectivity index (χ1v) is 10.1. The third kappa shape index (κ3) is 4.89. The summed E-state index contributed by atoms with van der Waals surface area (Å²) in [6, 6.07) is 9.50. The van der Waals surface area contributed by atoms with Crippen LogP contribution in [0.5, 0.6) is 11.5 Å². The van der Waals surface area contributed by atoms with E-state index in [2.05, 4.69) is 5.32 Å². The molecule has 0 aliphatic heterocycles. The molecule has 0 atom stereocenters. The van der Waals surface area contributed by atoms with Gasteiger partial charge in [0.15, 0.2) is 21.3 Å². The normalized spacial score (nSPS) is 11.1. The minimum absolute atomic E-state index is 0.0745. The summed E-state index contributed by atoms with van der Waals surface area (Å²) in [5, 5.41) is 2.83. The summed E-state index contributed by atoms with van der Waals surface area (Å²) in [5.41, 5.74) is 1.03. The summed E-state index contributed by atoms with van der Waals surface area (Å²) in [4.78, 5) is 12.3. The summed E-state index contributed by atoms with van der Waals surface area (Å²) >= 11 is 5.90. The van der Waals surface area contributed by atoms with Gasteiger partial charge in [0.25, 0.3) is 5.91 Å². The van der Waals surface area contributed by atoms with E-state index in [1.54, 1.807) is 19.2 Å². The second-order valence-electron chi connectivity index (χ2n) is 5.52. The minimum Gasteiger partial charge on any atom is -0.493 e. The Labute approximate surface area is 158 Å². The lowest BCUT2D eigenvalue weighted by Gasteiger charge is -2.12. The fourth-order valence-corrected chi connectivity index (χ4v) is 3.61. The Kier molecular flexibility index (Phi) is 6.50. The lowest BCUT2D eigenvalue weighted by Crippen LogP contribution is -2.23. The van der Waals surface area contributed by atoms with Gasteiger partial charge in [0, 0.05) is 18.4 Å². The number of nitrogens with one attached hydrogen (secondary N) is 1. The third-order valence-electron chi connectivity index (χ3n) is 3.57. The van der Waals surface area contributed by atoms with E-state index in [4.69, 9.17) is 21.1 Å². The molecule has 0 spiro atoms. The van der Waals surface area contributed by atoms with Crippen molar-refractivity contribution in [3.05, 3.63) is 52.5 Å². The van der Waals surface area contributed by atoms with Crippen LogP contribution < -0.4 is 14.8 Å². The van der Waals surface area contributed by atoms with Gasteiger partial charge in [-0.15, -0.1) is 0 Å². The van der Waals surface area contributed by atoms with Crippen molar-refractivity contribution < 1.29 is 22.7 Å². The van der Waals surface area contributed by atoms with Crippen LogP contribution in [-0.4, -0.2) is 34.3 Å². The van der Waals surface area contributed by atoms with Crippen LogP contribution in [0.1, 0.15) is 22.8 Å². The first kappa shape index (κ1) is 20.1. The smallest absolute Gasteiger partial charge is 0.251 e. The molecule has 6 nitrogen and oxygen atoms in total. The van der Waals surface area contributed by atoms with Crippen molar-refractivity contribution in [2.45, 2.75) is 18.4 Å². The molecule has 0 radical (unpaired) electrons. The number of rotatable bonds is 7. The first-order chi connectivity index (χ1) is 12.3. The topological polar surface area (TPSA) is 81.7 Å². The van der Waals surface area contributed by atoms with Gasteiger partial charge in [0.2, 0.25) is 0 Å². The Hall–Kier alpha value is -2.25. The van der Waals surface area contributed by atoms with E-state index in [9.17, 15) is 13.2 Å². The van der Waals surface area contributed by atoms with Crippen LogP contribution in [0.4, 0.5) is 0 Å². The Morgan fingerprint density at radius 1 is 1.15 bits per heavy atom. The summed E-state index contributed by atoms with van der Waals surface area (Å²) < 4.78 is 34.2. The number of carbonyl (C=O) groups excluding carboxylic acids is 1. The zero-order valence-corrected chi connectivity index (χ0v) is 16.3. The molecule has 1 amide bonds. The fraction of sp³-hybridized carbons (Fsp3) is 0.278. The molecule has 2 aromatic carbocycles. The summed E-state index contributed by atoms with van der Waals surface area (Å²) in [6.45, 7) is 2.65. The van der Waals surface area contributed by atoms with E-state index in [1.807, 2.05) is 13.0 Å². The molecule has 0 bridgehead atoms. The zero-order valence-electron chi connectivity index (χ0n) is 14.7. The van der Waals surface area contributed by atoms with Crippen molar-refractivity contribution in [2.75, 3.05) is 20.0 Å². The Balaban J connectivity index is 2.14. The van der Waals surface area contributed by atoms with Crippen molar-refractivity contribution in [1.29, 1.82) is 0 Å². The number of halogens is 1. The van der Waals surface area contributed by atoms with Crippen molar-refractivity contribution >= 4 is 27.3 Å². The number of methoxy groups -OCH3 is 1. The number of carbonyl (C=O) groups is 1. The molecule has 0 aliphatic rings. The molecule has 26 heavy (non-hydrogen) atoms. The number of benzene rings is 2. The molecule has 0 aliphatic carbocycles. The van der Waals surface area contributed by atoms with Crippen molar-refractivity contribution in [2.24, 2.45) is 0 Å². The average Bonchev–Trinajstić information content (AvgIpc) is 2.60. The fourth-order valence-electron chi connectivity index (χ4n) is 2.31. The molecule has 0 saturated heterocycles. The van der Waals surface area contributed by atoms with Gasteiger partial charge < -0.3 is 14.8 Å². The van der Waals surface area contributed by atoms with Gasteiger partial charge in [-0.3, -0.25) is 4.79 Å². The summed E-state index contributed by atoms with van der Waals surface area (Å²) in [5.74, 6) is 0.796. The number of ether oxygens (including phenoxy) is 2. The van der Waals surface area contributed by atoms with E-state index in [1.165, 1.54) is 18.2 Å². The standard InChI is InChI=1S/C18H20ClNO5S/c1-4-25-15-8-5-12(9-16(15)24-2)11-20-18(21)13-6-7-14(19)17(10-13)26(3,22)23/h5-10H,4,11H2,1-3H3,(H,20,21). The third-order valence-corrected chi connectivity index (χ3v) is 5.15. The van der Waals surface area contributed by atoms with Crippen LogP contribution in [-0.2, 0) is 16.4 Å². The van der Waals surface area contributed by atoms with Crippen LogP contribution in [0.25, 0.3) is 0 Å². The second kappa shape index (κ2) is 8.42. The SMILES string of the molecule is CCOc1ccc(CNC(=O)c2ccc(Cl)c(S(C)(=O)=O)c2)cc1OC. The Morgan fingerprint density at radius 2 is 1.88 bits per heavy atom. The molecule has 2 rings (SSSR count). The first-order valence-electron chi connectivity index (χ1n) is 7.83. The Bertz CT molecular complexity index is 912. The highest BCUT2D eigenvalue weighted by Gasteiger charge is 2.16. The van der Waals surface area contributed by atoms with Crippen molar-refractivity contribution in [1.82, 2.24) is 5.32 Å². The van der Waals surface area contributed by atoms with E-state index < -0.39 is 15.7 Å². The second-order valence-corrected chi connectivity index (χ2v) is 7.91. The van der Waals surface area contributed by atoms with Gasteiger partial charge in [-0.25, -0.2) is 8.42 Å². The predicted octanol–water partition coefficient (Wildman–Crippen LogP) is 3.08. The lowest BCUT2D eigenvalue weighted by molar-refractivity contribution is 0.0950. The predicted molar refractivity (Wildman–Crippen MR) is 99.9 cm³/mol. The van der Waals surface area contributed by atoms with Gasteiger partial charge >= 0.3 is 0 Å². The molecule has 8 heteroatoms. The van der Waals surface area contributed by atoms with Gasteiger partial charge in [-0.1, -0.05) is 17.7 Å². The van der Waals surface area contributed by atoms with Gasteiger partial charge in [-0.05, 0) is 42.8 Å². The summed E-state index contributed by atoms with van der Waals surface area (Å²) in [7, 11) is -1.98. The molecule has 0 heterocycles. The Morgan fingerprint density at radius 3 is 2.50 bits per heavy atom. The maximum atomic E-state index is 12.3. The van der Waals surface area contributed by atoms with Crippen LogP contribution in [0.15, 0.2) is 41.3 Å². The monoisotopic (exact) mass is 397 g/mol. The largest absolute Gasteiger partial charge is 0.493 e. The summed E-state index contributed by atoms with van der Waals surface area (Å²) in [6.07, 6.45) is 1.04. The quantitative estimate of drug-likeness (QED) is 0.776. The van der Waals surface area contributed by atoms with E-state index in [0.717, 1.165) is 11.8 Å². The maximum absolute atomic E-state index is 12.3. The van der Waals surface area contributed by atoms with Crippen LogP contribution >= 0.6 is 11.6 Å². The molecule has 0 saturated carbocycles. The minimum atomic E-state index is -3.52. The molecular weight excluding hydrogens is 378 g/mol. The van der Waals surface area contributed by atoms with Gasteiger partial charge in [0.1, 0.15) is 0 Å². The highest BCUT2D eigenvalue weighted by atomic mass is 35.5.